The predicted octanol–water partition coefficient (Wildman–Crippen LogP) is 6.48. The Bertz CT molecular complexity index is 1090. The third-order valence-corrected chi connectivity index (χ3v) is 6.05. The van der Waals surface area contributed by atoms with E-state index in [0.717, 1.165) is 44.4 Å². The summed E-state index contributed by atoms with van der Waals surface area (Å²) in [5.74, 6) is 2.00. The number of carboxylic acid groups (broad SMARTS) is 1. The predicted molar refractivity (Wildman–Crippen MR) is 137 cm³/mol. The Morgan fingerprint density at radius 2 is 1.44 bits per heavy atom. The number of ether oxygens (including phenoxy) is 3. The second-order valence-electron chi connectivity index (χ2n) is 7.46. The van der Waals surface area contributed by atoms with E-state index < -0.39 is 5.97 Å². The van der Waals surface area contributed by atoms with Crippen molar-refractivity contribution < 1.29 is 24.1 Å². The number of thioether (sulfide) groups is 1. The zero-order valence-electron chi connectivity index (χ0n) is 19.7. The van der Waals surface area contributed by atoms with Gasteiger partial charge >= 0.3 is 5.97 Å². The minimum atomic E-state index is -0.990. The first-order chi connectivity index (χ1) is 16.5. The van der Waals surface area contributed by atoms with Crippen LogP contribution < -0.4 is 14.2 Å². The standard InChI is InChI=1S/C28H30O5S/c1-4-31-23-10-6-8-21(17-23)26(22-9-7-11-24(18-22)32-5-2)14-15-34-27-13-12-25(16-20(27)3)33-19-28(29)30/h6-14,16-18H,4-5,15,19H2,1-3H3,(H,29,30). The summed E-state index contributed by atoms with van der Waals surface area (Å²) in [4.78, 5) is 11.8. The van der Waals surface area contributed by atoms with Gasteiger partial charge in [0.1, 0.15) is 17.2 Å². The summed E-state index contributed by atoms with van der Waals surface area (Å²) in [5, 5.41) is 8.80. The van der Waals surface area contributed by atoms with Crippen molar-refractivity contribution in [2.45, 2.75) is 25.7 Å². The highest BCUT2D eigenvalue weighted by atomic mass is 32.2. The maximum absolute atomic E-state index is 10.7. The molecule has 3 aromatic carbocycles. The van der Waals surface area contributed by atoms with Crippen molar-refractivity contribution in [1.29, 1.82) is 0 Å². The molecule has 0 aromatic heterocycles. The third-order valence-electron chi connectivity index (χ3n) is 4.95. The molecular weight excluding hydrogens is 448 g/mol. The second-order valence-corrected chi connectivity index (χ2v) is 8.52. The first-order valence-corrected chi connectivity index (χ1v) is 12.2. The average Bonchev–Trinajstić information content (AvgIpc) is 2.82. The van der Waals surface area contributed by atoms with Crippen molar-refractivity contribution in [2.24, 2.45) is 0 Å². The van der Waals surface area contributed by atoms with E-state index in [9.17, 15) is 4.79 Å². The highest BCUT2D eigenvalue weighted by Crippen LogP contribution is 2.31. The average molecular weight is 479 g/mol. The maximum Gasteiger partial charge on any atom is 0.341 e. The molecule has 178 valence electrons. The number of rotatable bonds is 12. The molecule has 0 fully saturated rings. The van der Waals surface area contributed by atoms with Crippen molar-refractivity contribution >= 4 is 23.3 Å². The Labute approximate surface area is 205 Å². The Morgan fingerprint density at radius 1 is 0.853 bits per heavy atom. The molecule has 0 unspecified atom stereocenters. The van der Waals surface area contributed by atoms with Crippen LogP contribution in [0.4, 0.5) is 0 Å². The lowest BCUT2D eigenvalue weighted by Gasteiger charge is -2.13. The van der Waals surface area contributed by atoms with E-state index in [1.807, 2.05) is 57.2 Å². The molecule has 0 amide bonds. The molecule has 0 aliphatic rings. The first-order valence-electron chi connectivity index (χ1n) is 11.2. The van der Waals surface area contributed by atoms with Gasteiger partial charge in [-0.25, -0.2) is 4.79 Å². The third kappa shape index (κ3) is 7.32. The van der Waals surface area contributed by atoms with Gasteiger partial charge in [-0.05, 0) is 85.5 Å². The van der Waals surface area contributed by atoms with E-state index in [2.05, 4.69) is 30.3 Å². The molecule has 0 bridgehead atoms. The van der Waals surface area contributed by atoms with Crippen molar-refractivity contribution in [1.82, 2.24) is 0 Å². The monoisotopic (exact) mass is 478 g/mol. The van der Waals surface area contributed by atoms with E-state index in [4.69, 9.17) is 19.3 Å². The molecule has 0 spiro atoms. The van der Waals surface area contributed by atoms with Crippen LogP contribution in [0, 0.1) is 6.92 Å². The highest BCUT2D eigenvalue weighted by Gasteiger charge is 2.09. The molecule has 6 heteroatoms. The van der Waals surface area contributed by atoms with Gasteiger partial charge in [0, 0.05) is 10.6 Å². The Morgan fingerprint density at radius 3 is 1.97 bits per heavy atom. The molecule has 0 radical (unpaired) electrons. The normalized spacial score (nSPS) is 10.4. The van der Waals surface area contributed by atoms with Gasteiger partial charge in [-0.3, -0.25) is 0 Å². The van der Waals surface area contributed by atoms with Crippen LogP contribution in [-0.2, 0) is 4.79 Å². The second kappa shape index (κ2) is 12.8. The van der Waals surface area contributed by atoms with Crippen molar-refractivity contribution in [2.75, 3.05) is 25.6 Å². The number of aryl methyl sites for hydroxylation is 1. The lowest BCUT2D eigenvalue weighted by atomic mass is 9.97. The van der Waals surface area contributed by atoms with E-state index in [-0.39, 0.29) is 6.61 Å². The van der Waals surface area contributed by atoms with Crippen LogP contribution in [0.5, 0.6) is 17.2 Å². The van der Waals surface area contributed by atoms with Crippen LogP contribution in [-0.4, -0.2) is 36.6 Å². The van der Waals surface area contributed by atoms with E-state index in [0.29, 0.717) is 19.0 Å². The lowest BCUT2D eigenvalue weighted by Crippen LogP contribution is -2.09. The van der Waals surface area contributed by atoms with Gasteiger partial charge < -0.3 is 19.3 Å². The number of carbonyl (C=O) groups is 1. The summed E-state index contributed by atoms with van der Waals surface area (Å²) in [6.45, 7) is 6.84. The zero-order chi connectivity index (χ0) is 24.3. The van der Waals surface area contributed by atoms with Gasteiger partial charge in [0.15, 0.2) is 6.61 Å². The first kappa shape index (κ1) is 25.2. The summed E-state index contributed by atoms with van der Waals surface area (Å²) >= 11 is 1.72. The van der Waals surface area contributed by atoms with Crippen molar-refractivity contribution in [3.8, 4) is 17.2 Å². The highest BCUT2D eigenvalue weighted by molar-refractivity contribution is 7.99. The number of hydrogen-bond donors (Lipinski definition) is 1. The number of carboxylic acids is 1. The van der Waals surface area contributed by atoms with Crippen molar-refractivity contribution in [3.63, 3.8) is 0 Å². The Kier molecular flexibility index (Phi) is 9.47. The quantitative estimate of drug-likeness (QED) is 0.301. The summed E-state index contributed by atoms with van der Waals surface area (Å²) in [7, 11) is 0. The largest absolute Gasteiger partial charge is 0.494 e. The number of benzene rings is 3. The van der Waals surface area contributed by atoms with Gasteiger partial charge in [-0.2, -0.15) is 0 Å². The smallest absolute Gasteiger partial charge is 0.341 e. The maximum atomic E-state index is 10.7. The number of aliphatic carboxylic acids is 1. The SMILES string of the molecule is CCOc1cccc(C(=CCSc2ccc(OCC(=O)O)cc2C)c2cccc(OCC)c2)c1. The molecule has 0 saturated carbocycles. The minimum absolute atomic E-state index is 0.348. The van der Waals surface area contributed by atoms with Gasteiger partial charge in [0.2, 0.25) is 0 Å². The van der Waals surface area contributed by atoms with Crippen LogP contribution >= 0.6 is 11.8 Å². The molecule has 34 heavy (non-hydrogen) atoms. The zero-order valence-corrected chi connectivity index (χ0v) is 20.6. The molecule has 0 aliphatic carbocycles. The summed E-state index contributed by atoms with van der Waals surface area (Å²) < 4.78 is 16.7. The fourth-order valence-electron chi connectivity index (χ4n) is 3.48. The van der Waals surface area contributed by atoms with Crippen LogP contribution in [0.2, 0.25) is 0 Å². The molecule has 0 atom stereocenters. The van der Waals surface area contributed by atoms with Crippen molar-refractivity contribution in [3.05, 3.63) is 89.5 Å². The lowest BCUT2D eigenvalue weighted by molar-refractivity contribution is -0.139. The molecule has 1 N–H and O–H groups in total. The summed E-state index contributed by atoms with van der Waals surface area (Å²) in [6.07, 6.45) is 2.22. The Balaban J connectivity index is 1.85. The molecule has 5 nitrogen and oxygen atoms in total. The molecule has 3 aromatic rings. The Hall–Kier alpha value is -3.38. The molecule has 0 aliphatic heterocycles. The van der Waals surface area contributed by atoms with E-state index in [1.54, 1.807) is 17.8 Å². The van der Waals surface area contributed by atoms with Gasteiger partial charge in [-0.15, -0.1) is 11.8 Å². The van der Waals surface area contributed by atoms with E-state index >= 15 is 0 Å². The van der Waals surface area contributed by atoms with Gasteiger partial charge in [0.25, 0.3) is 0 Å². The van der Waals surface area contributed by atoms with Crippen LogP contribution in [0.15, 0.2) is 77.7 Å². The topological polar surface area (TPSA) is 65.0 Å². The van der Waals surface area contributed by atoms with Gasteiger partial charge in [0.05, 0.1) is 13.2 Å². The molecule has 0 heterocycles. The summed E-state index contributed by atoms with van der Waals surface area (Å²) in [5.41, 5.74) is 4.30. The van der Waals surface area contributed by atoms with Crippen LogP contribution in [0.3, 0.4) is 0 Å². The van der Waals surface area contributed by atoms with E-state index in [1.165, 1.54) is 0 Å². The number of hydrogen-bond acceptors (Lipinski definition) is 5. The summed E-state index contributed by atoms with van der Waals surface area (Å²) in [6, 6.07) is 21.9. The molecular formula is C28H30O5S. The molecule has 0 saturated heterocycles. The van der Waals surface area contributed by atoms with Gasteiger partial charge in [-0.1, -0.05) is 30.3 Å². The minimum Gasteiger partial charge on any atom is -0.494 e. The van der Waals surface area contributed by atoms with Crippen LogP contribution in [0.25, 0.3) is 5.57 Å². The fourth-order valence-corrected chi connectivity index (χ4v) is 4.36. The molecule has 3 rings (SSSR count). The van der Waals surface area contributed by atoms with Crippen LogP contribution in [0.1, 0.15) is 30.5 Å². The fraction of sp³-hybridized carbons (Fsp3) is 0.250.